The molecule has 0 fully saturated rings. The van der Waals surface area contributed by atoms with Gasteiger partial charge in [0.05, 0.1) is 12.0 Å². The Labute approximate surface area is 102 Å². The molecule has 0 radical (unpaired) electrons. The van der Waals surface area contributed by atoms with E-state index in [-0.39, 0.29) is 11.8 Å². The number of nitrogen functional groups attached to an aromatic ring is 1. The normalized spacial score (nSPS) is 11.6. The molecule has 0 aliphatic heterocycles. The van der Waals surface area contributed by atoms with Gasteiger partial charge in [-0.2, -0.15) is 5.26 Å². The van der Waals surface area contributed by atoms with Gasteiger partial charge in [0.1, 0.15) is 0 Å². The maximum Gasteiger partial charge on any atom is 0.253 e. The van der Waals surface area contributed by atoms with Crippen LogP contribution >= 0.6 is 0 Å². The highest BCUT2D eigenvalue weighted by atomic mass is 16.2. The maximum atomic E-state index is 12.1. The molecule has 0 spiro atoms. The van der Waals surface area contributed by atoms with Crippen molar-refractivity contribution >= 4 is 11.6 Å². The molecule has 17 heavy (non-hydrogen) atoms. The van der Waals surface area contributed by atoms with Gasteiger partial charge in [-0.1, -0.05) is 6.07 Å². The molecule has 0 aliphatic carbocycles. The zero-order valence-electron chi connectivity index (χ0n) is 10.4. The minimum Gasteiger partial charge on any atom is -0.398 e. The molecule has 90 valence electrons. The number of nitrogens with two attached hydrogens (primary N) is 1. The molecule has 1 amide bonds. The van der Waals surface area contributed by atoms with E-state index >= 15 is 0 Å². The molecule has 1 aromatic rings. The van der Waals surface area contributed by atoms with Crippen LogP contribution in [-0.2, 0) is 0 Å². The number of amides is 1. The highest BCUT2D eigenvalue weighted by molar-refractivity contribution is 5.96. The van der Waals surface area contributed by atoms with E-state index < -0.39 is 0 Å². The number of hydrogen-bond donors (Lipinski definition) is 1. The summed E-state index contributed by atoms with van der Waals surface area (Å²) < 4.78 is 0. The number of benzene rings is 1. The van der Waals surface area contributed by atoms with Crippen LogP contribution in [0.5, 0.6) is 0 Å². The van der Waals surface area contributed by atoms with E-state index in [1.807, 2.05) is 6.92 Å². The second-order valence-electron chi connectivity index (χ2n) is 4.24. The van der Waals surface area contributed by atoms with Crippen molar-refractivity contribution in [1.29, 1.82) is 5.26 Å². The summed E-state index contributed by atoms with van der Waals surface area (Å²) in [6.07, 6.45) is 0. The molecular weight excluding hydrogens is 214 g/mol. The molecule has 1 atom stereocenters. The summed E-state index contributed by atoms with van der Waals surface area (Å²) in [5, 5.41) is 8.73. The number of anilines is 1. The van der Waals surface area contributed by atoms with Crippen molar-refractivity contribution in [2.24, 2.45) is 5.92 Å². The predicted molar refractivity (Wildman–Crippen MR) is 67.3 cm³/mol. The lowest BCUT2D eigenvalue weighted by molar-refractivity contribution is 0.0784. The van der Waals surface area contributed by atoms with Crippen LogP contribution in [0.15, 0.2) is 18.2 Å². The minimum atomic E-state index is -0.176. The first-order chi connectivity index (χ1) is 7.97. The van der Waals surface area contributed by atoms with Crippen molar-refractivity contribution < 1.29 is 4.79 Å². The van der Waals surface area contributed by atoms with E-state index in [2.05, 4.69) is 6.07 Å². The fraction of sp³-hybridized carbons (Fsp3) is 0.385. The second kappa shape index (κ2) is 5.35. The summed E-state index contributed by atoms with van der Waals surface area (Å²) in [4.78, 5) is 13.7. The van der Waals surface area contributed by atoms with Crippen molar-refractivity contribution in [2.75, 3.05) is 19.3 Å². The van der Waals surface area contributed by atoms with Crippen LogP contribution in [0.2, 0.25) is 0 Å². The number of nitriles is 1. The first-order valence-electron chi connectivity index (χ1n) is 5.47. The summed E-state index contributed by atoms with van der Waals surface area (Å²) in [7, 11) is 1.69. The number of hydrogen-bond acceptors (Lipinski definition) is 3. The van der Waals surface area contributed by atoms with Gasteiger partial charge in [0.15, 0.2) is 0 Å². The highest BCUT2D eigenvalue weighted by Gasteiger charge is 2.16. The zero-order chi connectivity index (χ0) is 13.0. The quantitative estimate of drug-likeness (QED) is 0.806. The average Bonchev–Trinajstić information content (AvgIpc) is 2.31. The Morgan fingerprint density at radius 2 is 2.24 bits per heavy atom. The van der Waals surface area contributed by atoms with Gasteiger partial charge in [-0.05, 0) is 31.5 Å². The van der Waals surface area contributed by atoms with E-state index in [9.17, 15) is 4.79 Å². The van der Waals surface area contributed by atoms with Crippen LogP contribution in [-0.4, -0.2) is 24.4 Å². The molecule has 0 bridgehead atoms. The average molecular weight is 231 g/mol. The molecule has 0 aliphatic rings. The van der Waals surface area contributed by atoms with Crippen LogP contribution in [0.3, 0.4) is 0 Å². The van der Waals surface area contributed by atoms with Crippen LogP contribution < -0.4 is 5.73 Å². The molecule has 0 aromatic heterocycles. The Bertz CT molecular complexity index is 462. The van der Waals surface area contributed by atoms with E-state index in [0.29, 0.717) is 17.8 Å². The minimum absolute atomic E-state index is 0.100. The van der Waals surface area contributed by atoms with Crippen molar-refractivity contribution in [1.82, 2.24) is 4.90 Å². The van der Waals surface area contributed by atoms with Gasteiger partial charge in [-0.3, -0.25) is 4.79 Å². The van der Waals surface area contributed by atoms with Crippen molar-refractivity contribution in [3.05, 3.63) is 29.3 Å². The van der Waals surface area contributed by atoms with Gasteiger partial charge in [-0.15, -0.1) is 0 Å². The van der Waals surface area contributed by atoms with Crippen molar-refractivity contribution in [2.45, 2.75) is 13.8 Å². The summed E-state index contributed by atoms with van der Waals surface area (Å²) in [5.74, 6) is -0.276. The Morgan fingerprint density at radius 1 is 1.59 bits per heavy atom. The molecule has 2 N–H and O–H groups in total. The number of rotatable bonds is 3. The molecule has 0 saturated heterocycles. The van der Waals surface area contributed by atoms with E-state index in [4.69, 9.17) is 11.0 Å². The molecule has 0 heterocycles. The lowest BCUT2D eigenvalue weighted by atomic mass is 10.1. The molecular formula is C13H17N3O. The standard InChI is InChI=1S/C13H17N3O/c1-9(7-14)8-16(3)13(17)11-5-4-6-12(15)10(11)2/h4-6,9H,8,15H2,1-3H3. The Hall–Kier alpha value is -2.02. The van der Waals surface area contributed by atoms with Gasteiger partial charge in [0, 0.05) is 24.8 Å². The van der Waals surface area contributed by atoms with Crippen LogP contribution in [0.25, 0.3) is 0 Å². The van der Waals surface area contributed by atoms with Gasteiger partial charge in [0.25, 0.3) is 5.91 Å². The summed E-state index contributed by atoms with van der Waals surface area (Å²) in [5.41, 5.74) is 7.75. The van der Waals surface area contributed by atoms with Gasteiger partial charge in [0.2, 0.25) is 0 Å². The monoisotopic (exact) mass is 231 g/mol. The van der Waals surface area contributed by atoms with E-state index in [1.54, 1.807) is 37.1 Å². The first kappa shape index (κ1) is 13.0. The Balaban J connectivity index is 2.90. The Kier molecular flexibility index (Phi) is 4.11. The first-order valence-corrected chi connectivity index (χ1v) is 5.47. The molecule has 4 nitrogen and oxygen atoms in total. The molecule has 1 aromatic carbocycles. The lowest BCUT2D eigenvalue weighted by Crippen LogP contribution is -2.31. The summed E-state index contributed by atoms with van der Waals surface area (Å²) in [6, 6.07) is 7.39. The highest BCUT2D eigenvalue weighted by Crippen LogP contribution is 2.17. The Morgan fingerprint density at radius 3 is 2.82 bits per heavy atom. The van der Waals surface area contributed by atoms with Crippen molar-refractivity contribution in [3.8, 4) is 6.07 Å². The molecule has 1 rings (SSSR count). The fourth-order valence-corrected chi connectivity index (χ4v) is 1.63. The molecule has 0 saturated carbocycles. The summed E-state index contributed by atoms with van der Waals surface area (Å²) >= 11 is 0. The van der Waals surface area contributed by atoms with Crippen LogP contribution in [0.1, 0.15) is 22.8 Å². The topological polar surface area (TPSA) is 70.1 Å². The van der Waals surface area contributed by atoms with E-state index in [1.165, 1.54) is 0 Å². The fourth-order valence-electron chi connectivity index (χ4n) is 1.63. The maximum absolute atomic E-state index is 12.1. The van der Waals surface area contributed by atoms with Crippen molar-refractivity contribution in [3.63, 3.8) is 0 Å². The number of carbonyl (C=O) groups excluding carboxylic acids is 1. The third-order valence-corrected chi connectivity index (χ3v) is 2.72. The largest absolute Gasteiger partial charge is 0.398 e. The SMILES string of the molecule is Cc1c(N)cccc1C(=O)N(C)CC(C)C#N. The lowest BCUT2D eigenvalue weighted by Gasteiger charge is -2.19. The summed E-state index contributed by atoms with van der Waals surface area (Å²) in [6.45, 7) is 4.03. The van der Waals surface area contributed by atoms with Gasteiger partial charge in [-0.25, -0.2) is 0 Å². The molecule has 1 unspecified atom stereocenters. The van der Waals surface area contributed by atoms with Crippen LogP contribution in [0.4, 0.5) is 5.69 Å². The third-order valence-electron chi connectivity index (χ3n) is 2.72. The number of carbonyl (C=O) groups is 1. The van der Waals surface area contributed by atoms with Gasteiger partial charge < -0.3 is 10.6 Å². The molecule has 4 heteroatoms. The zero-order valence-corrected chi connectivity index (χ0v) is 10.4. The van der Waals surface area contributed by atoms with Crippen LogP contribution in [0, 0.1) is 24.2 Å². The smallest absolute Gasteiger partial charge is 0.253 e. The van der Waals surface area contributed by atoms with E-state index in [0.717, 1.165) is 5.56 Å². The second-order valence-corrected chi connectivity index (χ2v) is 4.24. The number of nitrogens with zero attached hydrogens (tertiary/aromatic N) is 2. The third kappa shape index (κ3) is 2.97. The van der Waals surface area contributed by atoms with Gasteiger partial charge >= 0.3 is 0 Å². The predicted octanol–water partition coefficient (Wildman–Crippen LogP) is 1.81.